The fourth-order valence-electron chi connectivity index (χ4n) is 6.81. The van der Waals surface area contributed by atoms with Gasteiger partial charge in [0.25, 0.3) is 0 Å². The number of fused-ring (bicyclic) bond motifs is 1. The molecule has 0 saturated heterocycles. The number of hydrogen-bond acceptors (Lipinski definition) is 0. The monoisotopic (exact) mass is 576 g/mol. The van der Waals surface area contributed by atoms with Gasteiger partial charge in [-0.15, -0.1) is 24.8 Å². The zero-order valence-electron chi connectivity index (χ0n) is 21.7. The van der Waals surface area contributed by atoms with Crippen molar-refractivity contribution in [2.24, 2.45) is 5.92 Å². The van der Waals surface area contributed by atoms with Crippen molar-refractivity contribution >= 4 is 37.3 Å². The van der Waals surface area contributed by atoms with Crippen molar-refractivity contribution in [1.29, 1.82) is 0 Å². The zero-order chi connectivity index (χ0) is 22.9. The number of allylic oxidation sites excluding steroid dienone is 5. The molecule has 0 aliphatic heterocycles. The number of benzene rings is 2. The summed E-state index contributed by atoms with van der Waals surface area (Å²) in [5.74, 6) is 0.589. The van der Waals surface area contributed by atoms with Crippen LogP contribution in [0.2, 0.25) is 9.26 Å². The van der Waals surface area contributed by atoms with Gasteiger partial charge in [0, 0.05) is 0 Å². The summed E-state index contributed by atoms with van der Waals surface area (Å²) in [4.78, 5) is 0. The number of halogens is 2. The molecule has 33 heavy (non-hydrogen) atoms. The van der Waals surface area contributed by atoms with Crippen molar-refractivity contribution in [3.8, 4) is 0 Å². The first-order valence-electron chi connectivity index (χ1n) is 11.7. The van der Waals surface area contributed by atoms with E-state index in [2.05, 4.69) is 107 Å². The molecule has 0 aromatic heterocycles. The van der Waals surface area contributed by atoms with E-state index < -0.39 is 17.4 Å². The van der Waals surface area contributed by atoms with E-state index in [4.69, 9.17) is 0 Å². The fraction of sp³-hybridized carbons (Fsp3) is 0.379. The molecule has 2 atom stereocenters. The number of hydrogen-bond donors (Lipinski definition) is 0. The maximum Gasteiger partial charge on any atom is -0.147 e. The molecule has 0 saturated carbocycles. The molecule has 178 valence electrons. The fourth-order valence-corrected chi connectivity index (χ4v) is 25.3. The van der Waals surface area contributed by atoms with Gasteiger partial charge in [0.05, 0.1) is 0 Å². The van der Waals surface area contributed by atoms with E-state index >= 15 is 0 Å². The van der Waals surface area contributed by atoms with Crippen LogP contribution in [0.1, 0.15) is 64.7 Å². The van der Waals surface area contributed by atoms with Crippen LogP contribution in [-0.2, 0) is 17.4 Å². The minimum absolute atomic E-state index is 0. The molecule has 0 bridgehead atoms. The van der Waals surface area contributed by atoms with E-state index in [0.29, 0.717) is 9.54 Å². The molecule has 0 amide bonds. The topological polar surface area (TPSA) is 0 Å². The summed E-state index contributed by atoms with van der Waals surface area (Å²) >= 11 is -3.35. The third kappa shape index (κ3) is 4.40. The Bertz CT molecular complexity index is 1260. The van der Waals surface area contributed by atoms with Crippen molar-refractivity contribution in [2.75, 3.05) is 0 Å². The quantitative estimate of drug-likeness (QED) is 0.320. The largest absolute Gasteiger partial charge is 0.147 e. The molecule has 4 rings (SSSR count). The van der Waals surface area contributed by atoms with Gasteiger partial charge in [-0.1, -0.05) is 0 Å². The van der Waals surface area contributed by atoms with E-state index in [1.165, 1.54) is 33.4 Å². The van der Waals surface area contributed by atoms with Gasteiger partial charge >= 0.3 is 193 Å². The Kier molecular flexibility index (Phi) is 8.16. The van der Waals surface area contributed by atoms with E-state index in [9.17, 15) is 0 Å². The van der Waals surface area contributed by atoms with Crippen LogP contribution in [0.4, 0.5) is 0 Å². The van der Waals surface area contributed by atoms with Crippen LogP contribution in [0.5, 0.6) is 0 Å². The Balaban J connectivity index is 0.00000193. The van der Waals surface area contributed by atoms with Gasteiger partial charge in [0.2, 0.25) is 0 Å². The Morgan fingerprint density at radius 1 is 0.818 bits per heavy atom. The molecule has 4 heteroatoms. The Morgan fingerprint density at radius 3 is 1.88 bits per heavy atom. The predicted octanol–water partition coefficient (Wildman–Crippen LogP) is 8.54. The van der Waals surface area contributed by atoms with Crippen LogP contribution in [0.3, 0.4) is 0 Å². The number of rotatable bonds is 3. The van der Waals surface area contributed by atoms with Crippen molar-refractivity contribution in [2.45, 2.75) is 61.4 Å². The van der Waals surface area contributed by atoms with Gasteiger partial charge in [0.1, 0.15) is 0 Å². The van der Waals surface area contributed by atoms with Gasteiger partial charge < -0.3 is 0 Å². The summed E-state index contributed by atoms with van der Waals surface area (Å²) in [5, 5.41) is 0. The van der Waals surface area contributed by atoms with E-state index in [-0.39, 0.29) is 24.8 Å². The summed E-state index contributed by atoms with van der Waals surface area (Å²) in [6.07, 6.45) is 2.68. The Hall–Kier alpha value is -0.660. The minimum atomic E-state index is -3.35. The molecule has 2 aliphatic carbocycles. The smallest absolute Gasteiger partial charge is 0.147 e. The van der Waals surface area contributed by atoms with E-state index in [1.807, 2.05) is 3.28 Å². The summed E-state index contributed by atoms with van der Waals surface area (Å²) in [6, 6.07) is 13.9. The maximum atomic E-state index is 2.71. The Labute approximate surface area is 216 Å². The predicted molar refractivity (Wildman–Crippen MR) is 152 cm³/mol. The van der Waals surface area contributed by atoms with Crippen LogP contribution >= 0.6 is 24.8 Å². The second-order valence-corrected chi connectivity index (χ2v) is 40.8. The molecule has 2 unspecified atom stereocenters. The first kappa shape index (κ1) is 28.6. The molecule has 0 fully saturated rings. The normalized spacial score (nSPS) is 20.4. The molecule has 0 spiro atoms. The van der Waals surface area contributed by atoms with E-state index in [1.54, 1.807) is 22.3 Å². The van der Waals surface area contributed by atoms with Gasteiger partial charge in [0.15, 0.2) is 0 Å². The summed E-state index contributed by atoms with van der Waals surface area (Å²) < 4.78 is 7.79. The van der Waals surface area contributed by atoms with Crippen molar-refractivity contribution < 1.29 is 17.4 Å². The van der Waals surface area contributed by atoms with Gasteiger partial charge in [-0.25, -0.2) is 0 Å². The average Bonchev–Trinajstić information content (AvgIpc) is 3.14. The maximum absolute atomic E-state index is 3.35. The molecule has 0 heterocycles. The average molecular weight is 579 g/mol. The van der Waals surface area contributed by atoms with Crippen molar-refractivity contribution in [3.05, 3.63) is 95.9 Å². The first-order valence-corrected chi connectivity index (χ1v) is 25.2. The molecular weight excluding hydrogens is 539 g/mol. The third-order valence-electron chi connectivity index (χ3n) is 8.39. The van der Waals surface area contributed by atoms with Gasteiger partial charge in [-0.2, -0.15) is 0 Å². The molecular formula is C29H40Cl2SiZr. The first-order chi connectivity index (χ1) is 14.3. The molecule has 0 nitrogen and oxygen atoms in total. The minimum Gasteiger partial charge on any atom is -0.147 e. The zero-order valence-corrected chi connectivity index (χ0v) is 27.2. The second kappa shape index (κ2) is 9.42. The van der Waals surface area contributed by atoms with Crippen LogP contribution in [0.15, 0.2) is 62.5 Å². The van der Waals surface area contributed by atoms with Gasteiger partial charge in [-0.05, 0) is 0 Å². The van der Waals surface area contributed by atoms with Crippen molar-refractivity contribution in [1.82, 2.24) is 0 Å². The molecule has 0 N–H and O–H groups in total. The summed E-state index contributed by atoms with van der Waals surface area (Å²) in [5.41, 5.74) is 14.8. The number of aryl methyl sites for hydroxylation is 3. The van der Waals surface area contributed by atoms with Crippen LogP contribution in [0.25, 0.3) is 5.57 Å². The third-order valence-corrected chi connectivity index (χ3v) is 25.7. The molecule has 0 radical (unpaired) electrons. The summed E-state index contributed by atoms with van der Waals surface area (Å²) in [7, 11) is 0. The SMILES string of the molecule is CC1=C(C)C(C)[C]([Zr]([CH3])([CH3])(=[SiH2])[CH]2C=C(c3c(C)cc(C)cc3C)c3ccccc32)=C1C.Cl.Cl. The molecule has 2 aliphatic rings. The summed E-state index contributed by atoms with van der Waals surface area (Å²) in [6.45, 7) is 18.7. The Morgan fingerprint density at radius 2 is 1.36 bits per heavy atom. The molecule has 2 aromatic carbocycles. The van der Waals surface area contributed by atoms with Gasteiger partial charge in [-0.3, -0.25) is 0 Å². The molecule has 2 aromatic rings. The van der Waals surface area contributed by atoms with Crippen LogP contribution in [0, 0.1) is 26.7 Å². The van der Waals surface area contributed by atoms with Crippen LogP contribution in [-0.4, -0.2) is 6.88 Å². The van der Waals surface area contributed by atoms with Crippen molar-refractivity contribution in [3.63, 3.8) is 0 Å². The van der Waals surface area contributed by atoms with E-state index in [0.717, 1.165) is 0 Å². The standard InChI is InChI=1S/C18H17.C9H13.2CH3.2ClH.H2Si.Zr/c1-12-10-13(2)18(14(3)11-12)17-9-8-15-6-4-5-7-16(15)17;1-6-5-7(2)9(4)8(6)3;;;;;;/h4-11H,1-3H3;6H,1-4H3;2*1H3;2*1H;1H2;. The second-order valence-electron chi connectivity index (χ2n) is 11.3. The van der Waals surface area contributed by atoms with Crippen LogP contribution < -0.4 is 0 Å².